The van der Waals surface area contributed by atoms with E-state index in [4.69, 9.17) is 9.47 Å². The molecule has 2 aromatic carbocycles. The van der Waals surface area contributed by atoms with Gasteiger partial charge in [0.2, 0.25) is 0 Å². The fraction of sp³-hybridized carbons (Fsp3) is 0.316. The molecule has 0 bridgehead atoms. The highest BCUT2D eigenvalue weighted by molar-refractivity contribution is 5.78. The van der Waals surface area contributed by atoms with E-state index >= 15 is 0 Å². The summed E-state index contributed by atoms with van der Waals surface area (Å²) in [6.45, 7) is 3.72. The zero-order valence-electron chi connectivity index (χ0n) is 15.0. The zero-order chi connectivity index (χ0) is 19.1. The lowest BCUT2D eigenvalue weighted by molar-refractivity contribution is -0.385. The van der Waals surface area contributed by atoms with Gasteiger partial charge in [0, 0.05) is 6.07 Å². The molecular weight excluding hydrogens is 336 g/mol. The van der Waals surface area contributed by atoms with Crippen molar-refractivity contribution in [2.45, 2.75) is 26.3 Å². The number of amides is 1. The lowest BCUT2D eigenvalue weighted by Crippen LogP contribution is -2.32. The van der Waals surface area contributed by atoms with Gasteiger partial charge in [0.1, 0.15) is 0 Å². The van der Waals surface area contributed by atoms with Crippen molar-refractivity contribution < 1.29 is 19.2 Å². The van der Waals surface area contributed by atoms with Crippen LogP contribution >= 0.6 is 0 Å². The number of nitro groups is 1. The Hall–Kier alpha value is -3.09. The third-order valence-corrected chi connectivity index (χ3v) is 3.94. The minimum Gasteiger partial charge on any atom is -0.493 e. The van der Waals surface area contributed by atoms with Gasteiger partial charge in [0.25, 0.3) is 11.6 Å². The molecule has 0 fully saturated rings. The van der Waals surface area contributed by atoms with E-state index in [1.165, 1.54) is 25.3 Å². The molecule has 1 amide bonds. The second-order valence-electron chi connectivity index (χ2n) is 5.82. The average molecular weight is 358 g/mol. The second kappa shape index (κ2) is 8.84. The predicted octanol–water partition coefficient (Wildman–Crippen LogP) is 3.56. The molecule has 7 nitrogen and oxygen atoms in total. The molecule has 0 saturated heterocycles. The van der Waals surface area contributed by atoms with Gasteiger partial charge >= 0.3 is 0 Å². The number of carbonyl (C=O) groups excluding carboxylic acids is 1. The number of nitrogens with one attached hydrogen (secondary N) is 1. The molecule has 0 saturated carbocycles. The highest BCUT2D eigenvalue weighted by atomic mass is 16.6. The molecule has 0 aliphatic heterocycles. The Bertz CT molecular complexity index is 774. The molecule has 138 valence electrons. The van der Waals surface area contributed by atoms with E-state index < -0.39 is 4.92 Å². The summed E-state index contributed by atoms with van der Waals surface area (Å²) in [6, 6.07) is 11.8. The molecule has 7 heteroatoms. The number of aryl methyl sites for hydroxylation is 1. The maximum Gasteiger partial charge on any atom is 0.273 e. The van der Waals surface area contributed by atoms with E-state index in [-0.39, 0.29) is 30.0 Å². The lowest BCUT2D eigenvalue weighted by Gasteiger charge is -2.18. The van der Waals surface area contributed by atoms with E-state index in [1.54, 1.807) is 0 Å². The van der Waals surface area contributed by atoms with Crippen molar-refractivity contribution in [3.05, 3.63) is 63.7 Å². The van der Waals surface area contributed by atoms with Crippen LogP contribution in [0.2, 0.25) is 0 Å². The van der Waals surface area contributed by atoms with Crippen molar-refractivity contribution in [3.8, 4) is 11.5 Å². The number of non-ortho nitro benzene ring substituents is 1. The number of benzene rings is 2. The maximum atomic E-state index is 12.2. The Morgan fingerprint density at radius 1 is 1.19 bits per heavy atom. The van der Waals surface area contributed by atoms with Crippen LogP contribution in [0.25, 0.3) is 0 Å². The Kier molecular flexibility index (Phi) is 6.54. The minimum absolute atomic E-state index is 0.126. The average Bonchev–Trinajstić information content (AvgIpc) is 2.64. The molecule has 2 rings (SSSR count). The number of rotatable bonds is 8. The molecule has 1 atom stereocenters. The van der Waals surface area contributed by atoms with Crippen molar-refractivity contribution in [3.63, 3.8) is 0 Å². The molecule has 0 spiro atoms. The summed E-state index contributed by atoms with van der Waals surface area (Å²) >= 11 is 0. The second-order valence-corrected chi connectivity index (χ2v) is 5.82. The monoisotopic (exact) mass is 358 g/mol. The molecule has 0 heterocycles. The standard InChI is InChI=1S/C19H22N2O5/c1-4-16(14-7-5-13(2)6-8-14)20-19(22)12-26-18-11-15(21(23)24)9-10-17(18)25-3/h5-11,16H,4,12H2,1-3H3,(H,20,22)/t16-/m1/s1. The molecule has 0 unspecified atom stereocenters. The number of ether oxygens (including phenoxy) is 2. The number of carbonyl (C=O) groups is 1. The smallest absolute Gasteiger partial charge is 0.273 e. The maximum absolute atomic E-state index is 12.2. The summed E-state index contributed by atoms with van der Waals surface area (Å²) in [5.74, 6) is 0.167. The first kappa shape index (κ1) is 19.2. The van der Waals surface area contributed by atoms with Gasteiger partial charge in [-0.15, -0.1) is 0 Å². The molecule has 0 radical (unpaired) electrons. The van der Waals surface area contributed by atoms with Crippen molar-refractivity contribution in [2.24, 2.45) is 0 Å². The van der Waals surface area contributed by atoms with Gasteiger partial charge in [-0.05, 0) is 25.0 Å². The van der Waals surface area contributed by atoms with Crippen LogP contribution in [-0.2, 0) is 4.79 Å². The van der Waals surface area contributed by atoms with Crippen molar-refractivity contribution in [1.29, 1.82) is 0 Å². The number of methoxy groups -OCH3 is 1. The van der Waals surface area contributed by atoms with Gasteiger partial charge in [-0.2, -0.15) is 0 Å². The van der Waals surface area contributed by atoms with Gasteiger partial charge in [-0.1, -0.05) is 36.8 Å². The van der Waals surface area contributed by atoms with E-state index in [0.717, 1.165) is 17.5 Å². The Morgan fingerprint density at radius 3 is 2.46 bits per heavy atom. The Balaban J connectivity index is 2.02. The number of nitro benzene ring substituents is 1. The summed E-state index contributed by atoms with van der Waals surface area (Å²) < 4.78 is 10.6. The van der Waals surface area contributed by atoms with Crippen molar-refractivity contribution in [2.75, 3.05) is 13.7 Å². The predicted molar refractivity (Wildman–Crippen MR) is 97.5 cm³/mol. The Morgan fingerprint density at radius 2 is 1.88 bits per heavy atom. The van der Waals surface area contributed by atoms with Crippen LogP contribution in [0.3, 0.4) is 0 Å². The largest absolute Gasteiger partial charge is 0.493 e. The number of hydrogen-bond acceptors (Lipinski definition) is 5. The molecule has 0 aliphatic rings. The Labute approximate surface area is 152 Å². The van der Waals surface area contributed by atoms with E-state index in [2.05, 4.69) is 5.32 Å². The van der Waals surface area contributed by atoms with Crippen LogP contribution in [0.15, 0.2) is 42.5 Å². The molecule has 0 aromatic heterocycles. The van der Waals surface area contributed by atoms with Crippen LogP contribution < -0.4 is 14.8 Å². The first-order chi connectivity index (χ1) is 12.4. The summed E-state index contributed by atoms with van der Waals surface area (Å²) in [5.41, 5.74) is 2.03. The number of hydrogen-bond donors (Lipinski definition) is 1. The third-order valence-electron chi connectivity index (χ3n) is 3.94. The van der Waals surface area contributed by atoms with E-state index in [9.17, 15) is 14.9 Å². The molecular formula is C19H22N2O5. The molecule has 1 N–H and O–H groups in total. The van der Waals surface area contributed by atoms with Crippen LogP contribution in [0, 0.1) is 17.0 Å². The van der Waals surface area contributed by atoms with Crippen molar-refractivity contribution >= 4 is 11.6 Å². The molecule has 2 aromatic rings. The highest BCUT2D eigenvalue weighted by Gasteiger charge is 2.16. The SMILES string of the molecule is CC[C@@H](NC(=O)COc1cc([N+](=O)[O-])ccc1OC)c1ccc(C)cc1. The molecule has 26 heavy (non-hydrogen) atoms. The molecule has 0 aliphatic carbocycles. The van der Waals surface area contributed by atoms with Gasteiger partial charge < -0.3 is 14.8 Å². The first-order valence-corrected chi connectivity index (χ1v) is 8.25. The first-order valence-electron chi connectivity index (χ1n) is 8.25. The fourth-order valence-electron chi connectivity index (χ4n) is 2.49. The highest BCUT2D eigenvalue weighted by Crippen LogP contribution is 2.31. The van der Waals surface area contributed by atoms with Crippen molar-refractivity contribution in [1.82, 2.24) is 5.32 Å². The summed E-state index contributed by atoms with van der Waals surface area (Å²) in [5, 5.41) is 13.8. The van der Waals surface area contributed by atoms with Crippen LogP contribution in [0.5, 0.6) is 11.5 Å². The van der Waals surface area contributed by atoms with Crippen LogP contribution in [-0.4, -0.2) is 24.5 Å². The minimum atomic E-state index is -0.531. The number of nitrogens with zero attached hydrogens (tertiary/aromatic N) is 1. The fourth-order valence-corrected chi connectivity index (χ4v) is 2.49. The van der Waals surface area contributed by atoms with Gasteiger partial charge in [0.15, 0.2) is 18.1 Å². The van der Waals surface area contributed by atoms with E-state index in [1.807, 2.05) is 38.1 Å². The topological polar surface area (TPSA) is 90.7 Å². The lowest BCUT2D eigenvalue weighted by atomic mass is 10.0. The van der Waals surface area contributed by atoms with Gasteiger partial charge in [-0.25, -0.2) is 0 Å². The zero-order valence-corrected chi connectivity index (χ0v) is 15.0. The van der Waals surface area contributed by atoms with E-state index in [0.29, 0.717) is 5.75 Å². The van der Waals surface area contributed by atoms with Crippen LogP contribution in [0.4, 0.5) is 5.69 Å². The van der Waals surface area contributed by atoms with Gasteiger partial charge in [0.05, 0.1) is 24.1 Å². The van der Waals surface area contributed by atoms with Gasteiger partial charge in [-0.3, -0.25) is 14.9 Å². The normalized spacial score (nSPS) is 11.5. The van der Waals surface area contributed by atoms with Crippen LogP contribution in [0.1, 0.15) is 30.5 Å². The third kappa shape index (κ3) is 4.95. The summed E-state index contributed by atoms with van der Waals surface area (Å²) in [6.07, 6.45) is 0.731. The summed E-state index contributed by atoms with van der Waals surface area (Å²) in [7, 11) is 1.43. The summed E-state index contributed by atoms with van der Waals surface area (Å²) in [4.78, 5) is 22.6. The quantitative estimate of drug-likeness (QED) is 0.575.